The first-order chi connectivity index (χ1) is 10.2. The van der Waals surface area contributed by atoms with Crippen molar-refractivity contribution in [2.75, 3.05) is 13.3 Å². The number of rotatable bonds is 6. The molecule has 1 N–H and O–H groups in total. The molecule has 1 aliphatic heterocycles. The Bertz CT molecular complexity index is 478. The molecule has 0 unspecified atom stereocenters. The van der Waals surface area contributed by atoms with Crippen LogP contribution in [0.4, 0.5) is 0 Å². The average molecular weight is 289 g/mol. The molecule has 1 saturated carbocycles. The van der Waals surface area contributed by atoms with Crippen molar-refractivity contribution in [3.8, 4) is 11.5 Å². The molecule has 0 spiro atoms. The molecule has 1 heterocycles. The lowest BCUT2D eigenvalue weighted by Crippen LogP contribution is -2.33. The molecule has 1 aromatic carbocycles. The number of benzene rings is 1. The Balaban J connectivity index is 1.59. The van der Waals surface area contributed by atoms with E-state index in [0.717, 1.165) is 30.5 Å². The molecular formula is C18H27NO2. The summed E-state index contributed by atoms with van der Waals surface area (Å²) in [4.78, 5) is 0. The average Bonchev–Trinajstić information content (AvgIpc) is 3.07. The van der Waals surface area contributed by atoms with E-state index in [1.165, 1.54) is 37.7 Å². The van der Waals surface area contributed by atoms with E-state index in [1.54, 1.807) is 0 Å². The lowest BCUT2D eigenvalue weighted by atomic mass is 9.78. The van der Waals surface area contributed by atoms with Crippen LogP contribution in [0.15, 0.2) is 18.2 Å². The maximum atomic E-state index is 5.58. The zero-order valence-corrected chi connectivity index (χ0v) is 13.3. The van der Waals surface area contributed by atoms with E-state index in [1.807, 2.05) is 12.1 Å². The molecule has 116 valence electrons. The van der Waals surface area contributed by atoms with Crippen molar-refractivity contribution in [1.82, 2.24) is 5.32 Å². The van der Waals surface area contributed by atoms with Crippen molar-refractivity contribution in [3.05, 3.63) is 23.8 Å². The van der Waals surface area contributed by atoms with Crippen molar-refractivity contribution in [1.29, 1.82) is 0 Å². The van der Waals surface area contributed by atoms with Gasteiger partial charge in [-0.1, -0.05) is 38.8 Å². The number of hydrogen-bond acceptors (Lipinski definition) is 3. The van der Waals surface area contributed by atoms with Gasteiger partial charge >= 0.3 is 0 Å². The van der Waals surface area contributed by atoms with Crippen LogP contribution < -0.4 is 14.8 Å². The Hall–Kier alpha value is -1.22. The molecule has 3 rings (SSSR count). The minimum Gasteiger partial charge on any atom is -0.454 e. The van der Waals surface area contributed by atoms with Gasteiger partial charge in [-0.3, -0.25) is 0 Å². The first-order valence-electron chi connectivity index (χ1n) is 8.27. The fourth-order valence-electron chi connectivity index (χ4n) is 4.04. The summed E-state index contributed by atoms with van der Waals surface area (Å²) < 4.78 is 11.0. The van der Waals surface area contributed by atoms with Crippen molar-refractivity contribution < 1.29 is 9.47 Å². The highest BCUT2D eigenvalue weighted by atomic mass is 16.7. The minimum absolute atomic E-state index is 0.351. The Morgan fingerprint density at radius 1 is 1.19 bits per heavy atom. The molecule has 3 heteroatoms. The van der Waals surface area contributed by atoms with E-state index in [-0.39, 0.29) is 0 Å². The second-order valence-corrected chi connectivity index (χ2v) is 7.06. The molecule has 0 aromatic heterocycles. The van der Waals surface area contributed by atoms with Crippen molar-refractivity contribution in [2.24, 2.45) is 11.3 Å². The summed E-state index contributed by atoms with van der Waals surface area (Å²) in [6.07, 6.45) is 6.89. The summed E-state index contributed by atoms with van der Waals surface area (Å²) >= 11 is 0. The van der Waals surface area contributed by atoms with Gasteiger partial charge in [-0.2, -0.15) is 0 Å². The molecule has 0 radical (unpaired) electrons. The van der Waals surface area contributed by atoms with Crippen LogP contribution in [-0.4, -0.2) is 13.3 Å². The number of fused-ring (bicyclic) bond motifs is 1. The van der Waals surface area contributed by atoms with Gasteiger partial charge in [-0.05, 0) is 36.7 Å². The highest BCUT2D eigenvalue weighted by Gasteiger charge is 2.33. The number of ether oxygens (including phenoxy) is 2. The largest absolute Gasteiger partial charge is 0.454 e. The van der Waals surface area contributed by atoms with Gasteiger partial charge in [0.25, 0.3) is 0 Å². The Morgan fingerprint density at radius 2 is 2.00 bits per heavy atom. The zero-order valence-electron chi connectivity index (χ0n) is 13.3. The van der Waals surface area contributed by atoms with E-state index < -0.39 is 0 Å². The maximum absolute atomic E-state index is 5.58. The standard InChI is InChI=1S/C18H27NO2/c1-14(2)10-18(8-3-4-9-18)12-19-11-15-6-5-7-16-17(15)21-13-20-16/h5-7,14,19H,3-4,8-13H2,1-2H3. The highest BCUT2D eigenvalue weighted by Crippen LogP contribution is 2.43. The smallest absolute Gasteiger partial charge is 0.231 e. The minimum atomic E-state index is 0.351. The Morgan fingerprint density at radius 3 is 2.76 bits per heavy atom. The number of hydrogen-bond donors (Lipinski definition) is 1. The molecule has 1 fully saturated rings. The van der Waals surface area contributed by atoms with E-state index in [4.69, 9.17) is 9.47 Å². The number of nitrogens with one attached hydrogen (secondary N) is 1. The van der Waals surface area contributed by atoms with E-state index in [9.17, 15) is 0 Å². The van der Waals surface area contributed by atoms with Crippen LogP contribution >= 0.6 is 0 Å². The molecule has 2 aliphatic rings. The lowest BCUT2D eigenvalue weighted by molar-refractivity contribution is 0.173. The topological polar surface area (TPSA) is 30.5 Å². The van der Waals surface area contributed by atoms with Gasteiger partial charge in [0.05, 0.1) is 0 Å². The zero-order chi connectivity index (χ0) is 14.7. The van der Waals surface area contributed by atoms with Crippen LogP contribution in [0.3, 0.4) is 0 Å². The molecule has 0 amide bonds. The molecule has 0 bridgehead atoms. The van der Waals surface area contributed by atoms with Crippen LogP contribution in [0, 0.1) is 11.3 Å². The molecular weight excluding hydrogens is 262 g/mol. The third kappa shape index (κ3) is 3.34. The highest BCUT2D eigenvalue weighted by molar-refractivity contribution is 5.48. The van der Waals surface area contributed by atoms with Crippen LogP contribution in [0.1, 0.15) is 51.5 Å². The van der Waals surface area contributed by atoms with Crippen molar-refractivity contribution in [3.63, 3.8) is 0 Å². The Kier molecular flexibility index (Phi) is 4.39. The van der Waals surface area contributed by atoms with Gasteiger partial charge in [0, 0.05) is 18.7 Å². The van der Waals surface area contributed by atoms with Gasteiger partial charge in [0.1, 0.15) is 0 Å². The van der Waals surface area contributed by atoms with Gasteiger partial charge in [-0.15, -0.1) is 0 Å². The summed E-state index contributed by atoms with van der Waals surface area (Å²) in [7, 11) is 0. The third-order valence-corrected chi connectivity index (χ3v) is 4.80. The summed E-state index contributed by atoms with van der Waals surface area (Å²) in [5.41, 5.74) is 1.73. The second-order valence-electron chi connectivity index (χ2n) is 7.06. The van der Waals surface area contributed by atoms with E-state index >= 15 is 0 Å². The first kappa shape index (κ1) is 14.7. The molecule has 0 atom stereocenters. The van der Waals surface area contributed by atoms with Crippen LogP contribution in [0.2, 0.25) is 0 Å². The van der Waals surface area contributed by atoms with Crippen molar-refractivity contribution in [2.45, 2.75) is 52.5 Å². The number of para-hydroxylation sites is 1. The van der Waals surface area contributed by atoms with Crippen LogP contribution in [-0.2, 0) is 6.54 Å². The maximum Gasteiger partial charge on any atom is 0.231 e. The summed E-state index contributed by atoms with van der Waals surface area (Å²) in [5, 5.41) is 3.68. The quantitative estimate of drug-likeness (QED) is 0.855. The third-order valence-electron chi connectivity index (χ3n) is 4.80. The second kappa shape index (κ2) is 6.27. The van der Waals surface area contributed by atoms with E-state index in [0.29, 0.717) is 12.2 Å². The fraction of sp³-hybridized carbons (Fsp3) is 0.667. The van der Waals surface area contributed by atoms with Gasteiger partial charge < -0.3 is 14.8 Å². The monoisotopic (exact) mass is 289 g/mol. The van der Waals surface area contributed by atoms with Crippen LogP contribution in [0.25, 0.3) is 0 Å². The summed E-state index contributed by atoms with van der Waals surface area (Å²) in [6.45, 7) is 7.02. The van der Waals surface area contributed by atoms with Gasteiger partial charge in [0.2, 0.25) is 6.79 Å². The Labute approximate surface area is 128 Å². The normalized spacial score (nSPS) is 19.4. The predicted octanol–water partition coefficient (Wildman–Crippen LogP) is 4.11. The van der Waals surface area contributed by atoms with Gasteiger partial charge in [-0.25, -0.2) is 0 Å². The van der Waals surface area contributed by atoms with Crippen molar-refractivity contribution >= 4 is 0 Å². The molecule has 1 aliphatic carbocycles. The first-order valence-corrected chi connectivity index (χ1v) is 8.27. The summed E-state index contributed by atoms with van der Waals surface area (Å²) in [5.74, 6) is 2.59. The molecule has 1 aromatic rings. The fourth-order valence-corrected chi connectivity index (χ4v) is 4.04. The predicted molar refractivity (Wildman–Crippen MR) is 84.6 cm³/mol. The molecule has 3 nitrogen and oxygen atoms in total. The van der Waals surface area contributed by atoms with Gasteiger partial charge in [0.15, 0.2) is 11.5 Å². The van der Waals surface area contributed by atoms with Crippen LogP contribution in [0.5, 0.6) is 11.5 Å². The summed E-state index contributed by atoms with van der Waals surface area (Å²) in [6, 6.07) is 6.15. The SMILES string of the molecule is CC(C)CC1(CNCc2cccc3c2OCO3)CCCC1. The lowest BCUT2D eigenvalue weighted by Gasteiger charge is -2.31. The molecule has 0 saturated heterocycles. The molecule has 21 heavy (non-hydrogen) atoms. The van der Waals surface area contributed by atoms with E-state index in [2.05, 4.69) is 25.2 Å².